The topological polar surface area (TPSA) is 79.8 Å². The number of aliphatic imine (C=N–C) groups is 1. The van der Waals surface area contributed by atoms with E-state index in [0.717, 1.165) is 18.8 Å². The Balaban J connectivity index is 0.00000341. The van der Waals surface area contributed by atoms with Gasteiger partial charge in [0.2, 0.25) is 0 Å². The largest absolute Gasteiger partial charge is 0.492 e. The van der Waals surface area contributed by atoms with E-state index in [4.69, 9.17) is 4.74 Å². The second kappa shape index (κ2) is 12.3. The Morgan fingerprint density at radius 3 is 2.26 bits per heavy atom. The Kier molecular flexibility index (Phi) is 10.1. The van der Waals surface area contributed by atoms with Gasteiger partial charge in [0, 0.05) is 19.3 Å². The van der Waals surface area contributed by atoms with Crippen molar-refractivity contribution in [3.05, 3.63) is 60.2 Å². The molecule has 0 aromatic heterocycles. The summed E-state index contributed by atoms with van der Waals surface area (Å²) < 4.78 is 28.7. The van der Waals surface area contributed by atoms with Crippen LogP contribution in [0.3, 0.4) is 0 Å². The third kappa shape index (κ3) is 7.99. The zero-order chi connectivity index (χ0) is 21.4. The first kappa shape index (κ1) is 25.5. The van der Waals surface area contributed by atoms with Gasteiger partial charge in [0.25, 0.3) is 0 Å². The predicted octanol–water partition coefficient (Wildman–Crippen LogP) is 3.98. The third-order valence-corrected chi connectivity index (χ3v) is 6.61. The molecule has 0 unspecified atom stereocenters. The highest BCUT2D eigenvalue weighted by atomic mass is 127. The van der Waals surface area contributed by atoms with Crippen molar-refractivity contribution >= 4 is 39.8 Å². The lowest BCUT2D eigenvalue weighted by atomic mass is 9.82. The summed E-state index contributed by atoms with van der Waals surface area (Å²) in [5.74, 6) is 2.09. The summed E-state index contributed by atoms with van der Waals surface area (Å²) >= 11 is 0. The van der Waals surface area contributed by atoms with Crippen molar-refractivity contribution in [2.45, 2.75) is 42.5 Å². The molecule has 2 aromatic carbocycles. The van der Waals surface area contributed by atoms with Crippen LogP contribution in [0.1, 0.15) is 37.2 Å². The van der Waals surface area contributed by atoms with Crippen molar-refractivity contribution in [3.8, 4) is 5.75 Å². The highest BCUT2D eigenvalue weighted by Gasteiger charge is 2.22. The zero-order valence-corrected chi connectivity index (χ0v) is 21.2. The molecule has 2 N–H and O–H groups in total. The van der Waals surface area contributed by atoms with E-state index >= 15 is 0 Å². The van der Waals surface area contributed by atoms with Crippen LogP contribution < -0.4 is 15.4 Å². The molecule has 1 aliphatic rings. The normalized spacial score (nSPS) is 19.2. The molecule has 2 aromatic rings. The molecule has 8 heteroatoms. The maximum Gasteiger partial charge on any atom is 0.191 e. The lowest BCUT2D eigenvalue weighted by Gasteiger charge is -2.30. The molecule has 6 nitrogen and oxygen atoms in total. The van der Waals surface area contributed by atoms with Gasteiger partial charge in [0.15, 0.2) is 15.8 Å². The van der Waals surface area contributed by atoms with Crippen LogP contribution in [0, 0.1) is 0 Å². The van der Waals surface area contributed by atoms with E-state index in [-0.39, 0.29) is 24.0 Å². The Bertz CT molecular complexity index is 926. The average Bonchev–Trinajstić information content (AvgIpc) is 2.76. The number of hydrogen-bond donors (Lipinski definition) is 2. The van der Waals surface area contributed by atoms with E-state index in [1.807, 2.05) is 0 Å². The van der Waals surface area contributed by atoms with Crippen LogP contribution in [0.25, 0.3) is 0 Å². The molecule has 0 bridgehead atoms. The average molecular weight is 557 g/mol. The van der Waals surface area contributed by atoms with Gasteiger partial charge in [-0.25, -0.2) is 8.42 Å². The summed E-state index contributed by atoms with van der Waals surface area (Å²) in [6.07, 6.45) is 5.82. The first-order valence-corrected chi connectivity index (χ1v) is 12.3. The van der Waals surface area contributed by atoms with E-state index < -0.39 is 9.84 Å². The summed E-state index contributed by atoms with van der Waals surface area (Å²) in [5, 5.41) is 6.80. The minimum absolute atomic E-state index is 0. The fraction of sp³-hybridized carbons (Fsp3) is 0.435. The van der Waals surface area contributed by atoms with E-state index in [9.17, 15) is 8.42 Å². The number of nitrogens with one attached hydrogen (secondary N) is 2. The van der Waals surface area contributed by atoms with Gasteiger partial charge in [0.05, 0.1) is 11.4 Å². The molecule has 3 rings (SSSR count). The summed E-state index contributed by atoms with van der Waals surface area (Å²) in [5.41, 5.74) is 1.44. The van der Waals surface area contributed by atoms with Gasteiger partial charge in [0.1, 0.15) is 12.4 Å². The number of rotatable bonds is 7. The van der Waals surface area contributed by atoms with Gasteiger partial charge < -0.3 is 15.4 Å². The lowest BCUT2D eigenvalue weighted by molar-refractivity contribution is 0.320. The Labute approximate surface area is 202 Å². The molecule has 170 valence electrons. The van der Waals surface area contributed by atoms with Crippen LogP contribution >= 0.6 is 24.0 Å². The minimum atomic E-state index is -3.18. The SMILES string of the molecule is CN=C(NCCOc1ccc(S(C)(=O)=O)cc1)NC1CCC(c2ccccc2)CC1.I. The summed E-state index contributed by atoms with van der Waals surface area (Å²) in [7, 11) is -1.41. The monoisotopic (exact) mass is 557 g/mol. The van der Waals surface area contributed by atoms with E-state index in [1.54, 1.807) is 31.3 Å². The van der Waals surface area contributed by atoms with Crippen LogP contribution in [0.4, 0.5) is 0 Å². The lowest BCUT2D eigenvalue weighted by Crippen LogP contribution is -2.45. The molecule has 1 saturated carbocycles. The zero-order valence-electron chi connectivity index (χ0n) is 18.1. The number of sulfone groups is 1. The molecular formula is C23H32IN3O3S. The van der Waals surface area contributed by atoms with Crippen LogP contribution in [0.15, 0.2) is 64.5 Å². The van der Waals surface area contributed by atoms with E-state index in [1.165, 1.54) is 24.7 Å². The second-order valence-electron chi connectivity index (χ2n) is 7.69. The summed E-state index contributed by atoms with van der Waals surface area (Å²) in [6, 6.07) is 17.7. The third-order valence-electron chi connectivity index (χ3n) is 5.48. The molecular weight excluding hydrogens is 525 g/mol. The van der Waals surface area contributed by atoms with Crippen LogP contribution in [-0.4, -0.2) is 46.9 Å². The van der Waals surface area contributed by atoms with Gasteiger partial charge in [-0.1, -0.05) is 30.3 Å². The Morgan fingerprint density at radius 1 is 1.03 bits per heavy atom. The number of nitrogens with zero attached hydrogens (tertiary/aromatic N) is 1. The number of hydrogen-bond acceptors (Lipinski definition) is 4. The summed E-state index contributed by atoms with van der Waals surface area (Å²) in [6.45, 7) is 1.06. The maximum absolute atomic E-state index is 11.5. The Hall–Kier alpha value is -1.81. The maximum atomic E-state index is 11.5. The number of halogens is 1. The second-order valence-corrected chi connectivity index (χ2v) is 9.71. The Morgan fingerprint density at radius 2 is 1.68 bits per heavy atom. The molecule has 31 heavy (non-hydrogen) atoms. The summed E-state index contributed by atoms with van der Waals surface area (Å²) in [4.78, 5) is 4.61. The fourth-order valence-electron chi connectivity index (χ4n) is 3.81. The molecule has 0 heterocycles. The van der Waals surface area contributed by atoms with Crippen LogP contribution in [-0.2, 0) is 9.84 Å². The van der Waals surface area contributed by atoms with Crippen LogP contribution in [0.5, 0.6) is 5.75 Å². The van der Waals surface area contributed by atoms with Gasteiger partial charge >= 0.3 is 0 Å². The molecule has 1 fully saturated rings. The highest BCUT2D eigenvalue weighted by molar-refractivity contribution is 14.0. The van der Waals surface area contributed by atoms with Crippen molar-refractivity contribution in [2.24, 2.45) is 4.99 Å². The van der Waals surface area contributed by atoms with Crippen molar-refractivity contribution < 1.29 is 13.2 Å². The first-order chi connectivity index (χ1) is 14.5. The van der Waals surface area contributed by atoms with Crippen molar-refractivity contribution in [2.75, 3.05) is 26.5 Å². The molecule has 0 saturated heterocycles. The predicted molar refractivity (Wildman–Crippen MR) is 136 cm³/mol. The molecule has 0 amide bonds. The fourth-order valence-corrected chi connectivity index (χ4v) is 4.44. The van der Waals surface area contributed by atoms with Gasteiger partial charge in [-0.05, 0) is 61.4 Å². The standard InChI is InChI=1S/C23H31N3O3S.HI/c1-24-23(25-16-17-29-21-12-14-22(15-13-21)30(2,27)28)26-20-10-8-19(9-11-20)18-6-4-3-5-7-18;/h3-7,12-15,19-20H,8-11,16-17H2,1-2H3,(H2,24,25,26);1H. The minimum Gasteiger partial charge on any atom is -0.492 e. The number of ether oxygens (including phenoxy) is 1. The van der Waals surface area contributed by atoms with Gasteiger partial charge in [-0.15, -0.1) is 24.0 Å². The van der Waals surface area contributed by atoms with E-state index in [2.05, 4.69) is 46.0 Å². The molecule has 1 aliphatic carbocycles. The van der Waals surface area contributed by atoms with Crippen molar-refractivity contribution in [1.82, 2.24) is 10.6 Å². The first-order valence-electron chi connectivity index (χ1n) is 10.4. The molecule has 0 spiro atoms. The van der Waals surface area contributed by atoms with Gasteiger partial charge in [-0.3, -0.25) is 4.99 Å². The van der Waals surface area contributed by atoms with Crippen LogP contribution in [0.2, 0.25) is 0 Å². The van der Waals surface area contributed by atoms with Gasteiger partial charge in [-0.2, -0.15) is 0 Å². The van der Waals surface area contributed by atoms with Crippen molar-refractivity contribution in [1.29, 1.82) is 0 Å². The number of benzene rings is 2. The molecule has 0 aliphatic heterocycles. The quantitative estimate of drug-likeness (QED) is 0.233. The highest BCUT2D eigenvalue weighted by Crippen LogP contribution is 2.32. The number of guanidine groups is 1. The molecule has 0 atom stereocenters. The van der Waals surface area contributed by atoms with E-state index in [0.29, 0.717) is 35.8 Å². The van der Waals surface area contributed by atoms with Crippen molar-refractivity contribution in [3.63, 3.8) is 0 Å². The smallest absolute Gasteiger partial charge is 0.191 e. The molecule has 0 radical (unpaired) electrons.